The number of pyridine rings is 1. The van der Waals surface area contributed by atoms with Gasteiger partial charge in [-0.3, -0.25) is 4.57 Å². The van der Waals surface area contributed by atoms with Gasteiger partial charge in [0.15, 0.2) is 5.16 Å². The Balaban J connectivity index is 2.01. The maximum Gasteiger partial charge on any atom is 0.343 e. The number of rotatable bonds is 8. The molecule has 0 saturated carbocycles. The molecule has 2 rings (SSSR count). The van der Waals surface area contributed by atoms with Crippen LogP contribution < -0.4 is 11.0 Å². The summed E-state index contributed by atoms with van der Waals surface area (Å²) in [6, 6.07) is 4.02. The Morgan fingerprint density at radius 2 is 2.24 bits per heavy atom. The quantitative estimate of drug-likeness (QED) is 0.733. The van der Waals surface area contributed by atoms with E-state index in [9.17, 15) is 4.79 Å². The molecule has 2 N–H and O–H groups in total. The minimum absolute atomic E-state index is 0.139. The molecule has 0 saturated heterocycles. The van der Waals surface area contributed by atoms with E-state index in [0.29, 0.717) is 6.54 Å². The van der Waals surface area contributed by atoms with Gasteiger partial charge in [-0.1, -0.05) is 25.6 Å². The van der Waals surface area contributed by atoms with E-state index in [4.69, 9.17) is 0 Å². The molecule has 0 amide bonds. The highest BCUT2D eigenvalue weighted by atomic mass is 32.2. The van der Waals surface area contributed by atoms with Crippen molar-refractivity contribution < 1.29 is 0 Å². The first-order valence-corrected chi connectivity index (χ1v) is 8.20. The van der Waals surface area contributed by atoms with E-state index in [1.54, 1.807) is 22.5 Å². The van der Waals surface area contributed by atoms with Gasteiger partial charge in [-0.05, 0) is 30.5 Å². The van der Waals surface area contributed by atoms with Gasteiger partial charge in [-0.15, -0.1) is 5.10 Å². The average Bonchev–Trinajstić information content (AvgIpc) is 2.85. The molecule has 2 heterocycles. The van der Waals surface area contributed by atoms with Crippen LogP contribution in [0.3, 0.4) is 0 Å². The summed E-state index contributed by atoms with van der Waals surface area (Å²) >= 11 is 1.56. The zero-order valence-corrected chi connectivity index (χ0v) is 13.2. The van der Waals surface area contributed by atoms with E-state index < -0.39 is 0 Å². The van der Waals surface area contributed by atoms with Crippen molar-refractivity contribution >= 4 is 17.6 Å². The van der Waals surface area contributed by atoms with E-state index >= 15 is 0 Å². The number of aromatic amines is 1. The molecular formula is C14H21N5OS. The standard InChI is InChI=1S/C14H21N5OS/c1-3-6-15-12-9-11(5-7-16-12)10-21-14-18-17-13(20)19(14)8-4-2/h5,7,9H,3-4,6,8,10H2,1-2H3,(H,15,16)(H,17,20). The topological polar surface area (TPSA) is 75.6 Å². The first-order chi connectivity index (χ1) is 10.2. The molecule has 0 atom stereocenters. The van der Waals surface area contributed by atoms with Gasteiger partial charge >= 0.3 is 5.69 Å². The monoisotopic (exact) mass is 307 g/mol. The van der Waals surface area contributed by atoms with Crippen LogP contribution in [0.5, 0.6) is 0 Å². The fourth-order valence-corrected chi connectivity index (χ4v) is 2.81. The molecule has 0 bridgehead atoms. The molecule has 0 aliphatic heterocycles. The van der Waals surface area contributed by atoms with Crippen molar-refractivity contribution in [1.82, 2.24) is 19.7 Å². The Kier molecular flexibility index (Phi) is 5.86. The Labute approximate surface area is 128 Å². The minimum Gasteiger partial charge on any atom is -0.370 e. The number of hydrogen-bond donors (Lipinski definition) is 2. The van der Waals surface area contributed by atoms with Crippen molar-refractivity contribution in [2.24, 2.45) is 0 Å². The second-order valence-electron chi connectivity index (χ2n) is 4.73. The van der Waals surface area contributed by atoms with Crippen molar-refractivity contribution in [3.8, 4) is 0 Å². The third-order valence-electron chi connectivity index (χ3n) is 2.92. The van der Waals surface area contributed by atoms with Crippen LogP contribution in [-0.4, -0.2) is 26.3 Å². The van der Waals surface area contributed by atoms with Crippen molar-refractivity contribution in [2.75, 3.05) is 11.9 Å². The molecule has 0 aliphatic rings. The normalized spacial score (nSPS) is 10.8. The molecular weight excluding hydrogens is 286 g/mol. The minimum atomic E-state index is -0.139. The number of nitrogens with one attached hydrogen (secondary N) is 2. The lowest BCUT2D eigenvalue weighted by Crippen LogP contribution is -2.17. The predicted molar refractivity (Wildman–Crippen MR) is 85.7 cm³/mol. The third kappa shape index (κ3) is 4.35. The third-order valence-corrected chi connectivity index (χ3v) is 3.97. The lowest BCUT2D eigenvalue weighted by Gasteiger charge is -2.06. The van der Waals surface area contributed by atoms with Crippen LogP contribution in [0.2, 0.25) is 0 Å². The number of thioether (sulfide) groups is 1. The maximum absolute atomic E-state index is 11.6. The Hall–Kier alpha value is -1.76. The van der Waals surface area contributed by atoms with E-state index in [1.807, 2.05) is 19.1 Å². The summed E-state index contributed by atoms with van der Waals surface area (Å²) in [5.74, 6) is 1.65. The molecule has 0 aromatic carbocycles. The number of hydrogen-bond acceptors (Lipinski definition) is 5. The molecule has 0 spiro atoms. The molecule has 7 heteroatoms. The fourth-order valence-electron chi connectivity index (χ4n) is 1.90. The molecule has 2 aromatic rings. The highest BCUT2D eigenvalue weighted by Gasteiger charge is 2.08. The number of H-pyrrole nitrogens is 1. The van der Waals surface area contributed by atoms with Crippen molar-refractivity contribution in [3.63, 3.8) is 0 Å². The second-order valence-corrected chi connectivity index (χ2v) is 5.67. The largest absolute Gasteiger partial charge is 0.370 e. The summed E-state index contributed by atoms with van der Waals surface area (Å²) in [6.07, 6.45) is 3.78. The zero-order valence-electron chi connectivity index (χ0n) is 12.4. The number of nitrogens with zero attached hydrogens (tertiary/aromatic N) is 3. The van der Waals surface area contributed by atoms with E-state index in [-0.39, 0.29) is 5.69 Å². The van der Waals surface area contributed by atoms with Gasteiger partial charge in [0.05, 0.1) is 0 Å². The smallest absolute Gasteiger partial charge is 0.343 e. The van der Waals surface area contributed by atoms with Crippen LogP contribution in [0.1, 0.15) is 32.3 Å². The van der Waals surface area contributed by atoms with E-state index in [0.717, 1.165) is 41.7 Å². The van der Waals surface area contributed by atoms with E-state index in [2.05, 4.69) is 27.4 Å². The van der Waals surface area contributed by atoms with Crippen LogP contribution in [-0.2, 0) is 12.3 Å². The summed E-state index contributed by atoms with van der Waals surface area (Å²) in [7, 11) is 0. The highest BCUT2D eigenvalue weighted by molar-refractivity contribution is 7.98. The van der Waals surface area contributed by atoms with Gasteiger partial charge in [0.1, 0.15) is 5.82 Å². The molecule has 0 radical (unpaired) electrons. The Morgan fingerprint density at radius 3 is 3.00 bits per heavy atom. The number of aromatic nitrogens is 4. The highest BCUT2D eigenvalue weighted by Crippen LogP contribution is 2.20. The van der Waals surface area contributed by atoms with Gasteiger partial charge in [-0.2, -0.15) is 0 Å². The average molecular weight is 307 g/mol. The van der Waals surface area contributed by atoms with Gasteiger partial charge in [0.2, 0.25) is 0 Å². The summed E-state index contributed by atoms with van der Waals surface area (Å²) in [6.45, 7) is 5.77. The van der Waals surface area contributed by atoms with Gasteiger partial charge < -0.3 is 5.32 Å². The van der Waals surface area contributed by atoms with Crippen LogP contribution in [0.4, 0.5) is 5.82 Å². The predicted octanol–water partition coefficient (Wildman–Crippen LogP) is 2.49. The van der Waals surface area contributed by atoms with Crippen LogP contribution in [0, 0.1) is 0 Å². The van der Waals surface area contributed by atoms with E-state index in [1.165, 1.54) is 0 Å². The van der Waals surface area contributed by atoms with Gasteiger partial charge in [-0.25, -0.2) is 14.9 Å². The van der Waals surface area contributed by atoms with Crippen molar-refractivity contribution in [3.05, 3.63) is 34.4 Å². The lowest BCUT2D eigenvalue weighted by molar-refractivity contribution is 0.604. The molecule has 0 unspecified atom stereocenters. The van der Waals surface area contributed by atoms with Crippen LogP contribution in [0.25, 0.3) is 0 Å². The molecule has 6 nitrogen and oxygen atoms in total. The fraction of sp³-hybridized carbons (Fsp3) is 0.500. The van der Waals surface area contributed by atoms with Crippen LogP contribution in [0.15, 0.2) is 28.3 Å². The summed E-state index contributed by atoms with van der Waals surface area (Å²) in [4.78, 5) is 15.9. The summed E-state index contributed by atoms with van der Waals surface area (Å²) < 4.78 is 1.68. The Morgan fingerprint density at radius 1 is 1.38 bits per heavy atom. The molecule has 0 fully saturated rings. The number of anilines is 1. The Bertz CT molecular complexity index is 622. The first-order valence-electron chi connectivity index (χ1n) is 7.21. The van der Waals surface area contributed by atoms with Crippen molar-refractivity contribution in [2.45, 2.75) is 44.1 Å². The molecule has 114 valence electrons. The SMILES string of the molecule is CCCNc1cc(CSc2n[nH]c(=O)n2CCC)ccn1. The zero-order chi connectivity index (χ0) is 15.1. The van der Waals surface area contributed by atoms with Crippen molar-refractivity contribution in [1.29, 1.82) is 0 Å². The van der Waals surface area contributed by atoms with Gasteiger partial charge in [0.25, 0.3) is 0 Å². The molecule has 2 aromatic heterocycles. The molecule has 21 heavy (non-hydrogen) atoms. The first kappa shape index (κ1) is 15.6. The maximum atomic E-state index is 11.6. The van der Waals surface area contributed by atoms with Crippen LogP contribution >= 0.6 is 11.8 Å². The summed E-state index contributed by atoms with van der Waals surface area (Å²) in [5.41, 5.74) is 1.02. The molecule has 0 aliphatic carbocycles. The summed E-state index contributed by atoms with van der Waals surface area (Å²) in [5, 5.41) is 10.6. The van der Waals surface area contributed by atoms with Gasteiger partial charge in [0, 0.05) is 25.0 Å². The lowest BCUT2D eigenvalue weighted by atomic mass is 10.3. The second kappa shape index (κ2) is 7.87.